The normalized spacial score (nSPS) is 11.9. The minimum atomic E-state index is -0.222. The zero-order chi connectivity index (χ0) is 10.7. The van der Waals surface area contributed by atoms with Gasteiger partial charge in [0.25, 0.3) is 0 Å². The number of hydrogen-bond donors (Lipinski definition) is 1. The van der Waals surface area contributed by atoms with Crippen molar-refractivity contribution in [3.63, 3.8) is 0 Å². The second kappa shape index (κ2) is 5.58. The van der Waals surface area contributed by atoms with Crippen LogP contribution >= 0.6 is 12.4 Å². The van der Waals surface area contributed by atoms with Crippen LogP contribution in [0, 0.1) is 0 Å². The molecule has 16 heavy (non-hydrogen) atoms. The monoisotopic (exact) mass is 240 g/mol. The van der Waals surface area contributed by atoms with Crippen LogP contribution in [0.3, 0.4) is 0 Å². The van der Waals surface area contributed by atoms with Gasteiger partial charge >= 0.3 is 0 Å². The SMILES string of the molecule is C[C@@H](N)c1nc(Cc2cccnc2)no1.Cl. The first kappa shape index (κ1) is 12.6. The molecule has 0 fully saturated rings. The third kappa shape index (κ3) is 3.01. The first-order valence-electron chi connectivity index (χ1n) is 4.72. The number of pyridine rings is 1. The summed E-state index contributed by atoms with van der Waals surface area (Å²) in [5, 5.41) is 3.84. The van der Waals surface area contributed by atoms with Crippen LogP contribution in [-0.2, 0) is 6.42 Å². The minimum absolute atomic E-state index is 0. The van der Waals surface area contributed by atoms with Gasteiger partial charge in [-0.2, -0.15) is 4.98 Å². The molecule has 0 saturated carbocycles. The maximum Gasteiger partial charge on any atom is 0.243 e. The van der Waals surface area contributed by atoms with E-state index in [9.17, 15) is 0 Å². The van der Waals surface area contributed by atoms with Gasteiger partial charge in [0, 0.05) is 18.8 Å². The van der Waals surface area contributed by atoms with Gasteiger partial charge < -0.3 is 10.3 Å². The molecule has 0 aliphatic heterocycles. The van der Waals surface area contributed by atoms with Gasteiger partial charge in [-0.25, -0.2) is 0 Å². The van der Waals surface area contributed by atoms with E-state index in [1.165, 1.54) is 0 Å². The van der Waals surface area contributed by atoms with E-state index in [-0.39, 0.29) is 18.4 Å². The summed E-state index contributed by atoms with van der Waals surface area (Å²) in [6.07, 6.45) is 4.12. The number of nitrogens with two attached hydrogens (primary N) is 1. The molecule has 2 N–H and O–H groups in total. The smallest absolute Gasteiger partial charge is 0.243 e. The highest BCUT2D eigenvalue weighted by molar-refractivity contribution is 5.85. The van der Waals surface area contributed by atoms with Crippen molar-refractivity contribution in [1.29, 1.82) is 0 Å². The van der Waals surface area contributed by atoms with Crippen molar-refractivity contribution >= 4 is 12.4 Å². The summed E-state index contributed by atoms with van der Waals surface area (Å²) in [5.41, 5.74) is 6.66. The van der Waals surface area contributed by atoms with Crippen LogP contribution in [0.4, 0.5) is 0 Å². The van der Waals surface area contributed by atoms with Gasteiger partial charge in [0.05, 0.1) is 6.04 Å². The second-order valence-corrected chi connectivity index (χ2v) is 3.38. The maximum atomic E-state index is 5.61. The Hall–Kier alpha value is -1.46. The lowest BCUT2D eigenvalue weighted by Crippen LogP contribution is -2.05. The fourth-order valence-electron chi connectivity index (χ4n) is 1.21. The fraction of sp³-hybridized carbons (Fsp3) is 0.300. The van der Waals surface area contributed by atoms with Crippen molar-refractivity contribution in [3.05, 3.63) is 41.8 Å². The fourth-order valence-corrected chi connectivity index (χ4v) is 1.21. The molecule has 0 aliphatic rings. The Morgan fingerprint density at radius 1 is 1.50 bits per heavy atom. The lowest BCUT2D eigenvalue weighted by molar-refractivity contribution is 0.358. The molecule has 0 aromatic carbocycles. The number of aromatic nitrogens is 3. The maximum absolute atomic E-state index is 5.61. The summed E-state index contributed by atoms with van der Waals surface area (Å²) < 4.78 is 4.99. The highest BCUT2D eigenvalue weighted by Gasteiger charge is 2.10. The Morgan fingerprint density at radius 3 is 2.88 bits per heavy atom. The van der Waals surface area contributed by atoms with E-state index < -0.39 is 0 Å². The van der Waals surface area contributed by atoms with E-state index in [1.807, 2.05) is 12.1 Å². The van der Waals surface area contributed by atoms with Crippen molar-refractivity contribution in [3.8, 4) is 0 Å². The summed E-state index contributed by atoms with van der Waals surface area (Å²) in [7, 11) is 0. The molecule has 86 valence electrons. The lowest BCUT2D eigenvalue weighted by Gasteiger charge is -1.94. The summed E-state index contributed by atoms with van der Waals surface area (Å²) in [4.78, 5) is 8.19. The van der Waals surface area contributed by atoms with Gasteiger partial charge in [0.2, 0.25) is 5.89 Å². The molecule has 0 aliphatic carbocycles. The average molecular weight is 241 g/mol. The highest BCUT2D eigenvalue weighted by Crippen LogP contribution is 2.09. The molecule has 2 aromatic heterocycles. The number of rotatable bonds is 3. The third-order valence-electron chi connectivity index (χ3n) is 1.96. The molecule has 0 unspecified atom stereocenters. The van der Waals surface area contributed by atoms with E-state index in [0.717, 1.165) is 5.56 Å². The highest BCUT2D eigenvalue weighted by atomic mass is 35.5. The van der Waals surface area contributed by atoms with E-state index in [4.69, 9.17) is 10.3 Å². The van der Waals surface area contributed by atoms with Crippen molar-refractivity contribution in [2.75, 3.05) is 0 Å². The predicted molar refractivity (Wildman–Crippen MR) is 61.2 cm³/mol. The van der Waals surface area contributed by atoms with Crippen LogP contribution < -0.4 is 5.73 Å². The average Bonchev–Trinajstić information content (AvgIpc) is 2.68. The zero-order valence-electron chi connectivity index (χ0n) is 8.83. The molecule has 0 spiro atoms. The van der Waals surface area contributed by atoms with Gasteiger partial charge in [-0.1, -0.05) is 11.2 Å². The molecule has 5 nitrogen and oxygen atoms in total. The molecular weight excluding hydrogens is 228 g/mol. The lowest BCUT2D eigenvalue weighted by atomic mass is 10.2. The molecular formula is C10H13ClN4O. The third-order valence-corrected chi connectivity index (χ3v) is 1.96. The van der Waals surface area contributed by atoms with Crippen LogP contribution in [0.1, 0.15) is 30.2 Å². The van der Waals surface area contributed by atoms with Gasteiger partial charge in [0.1, 0.15) is 0 Å². The van der Waals surface area contributed by atoms with Crippen molar-refractivity contribution < 1.29 is 4.52 Å². The summed E-state index contributed by atoms with van der Waals surface area (Å²) in [6.45, 7) is 1.81. The van der Waals surface area contributed by atoms with Gasteiger partial charge in [-0.3, -0.25) is 4.98 Å². The zero-order valence-corrected chi connectivity index (χ0v) is 9.65. The number of hydrogen-bond acceptors (Lipinski definition) is 5. The minimum Gasteiger partial charge on any atom is -0.338 e. The van der Waals surface area contributed by atoms with Crippen LogP contribution in [0.15, 0.2) is 29.0 Å². The van der Waals surface area contributed by atoms with E-state index in [2.05, 4.69) is 15.1 Å². The van der Waals surface area contributed by atoms with Gasteiger partial charge in [-0.05, 0) is 18.6 Å². The standard InChI is InChI=1S/C10H12N4O.ClH/c1-7(11)10-13-9(14-15-10)5-8-3-2-4-12-6-8;/h2-4,6-7H,5,11H2,1H3;1H/t7-;/m1./s1. The molecule has 0 bridgehead atoms. The Bertz CT molecular complexity index is 429. The van der Waals surface area contributed by atoms with Crippen LogP contribution in [0.2, 0.25) is 0 Å². The quantitative estimate of drug-likeness (QED) is 0.880. The molecule has 2 heterocycles. The topological polar surface area (TPSA) is 77.8 Å². The van der Waals surface area contributed by atoms with Crippen LogP contribution in [0.5, 0.6) is 0 Å². The van der Waals surface area contributed by atoms with E-state index in [0.29, 0.717) is 18.1 Å². The summed E-state index contributed by atoms with van der Waals surface area (Å²) in [5.74, 6) is 1.10. The Morgan fingerprint density at radius 2 is 2.31 bits per heavy atom. The second-order valence-electron chi connectivity index (χ2n) is 3.38. The first-order chi connectivity index (χ1) is 7.25. The first-order valence-corrected chi connectivity index (χ1v) is 4.72. The molecule has 2 aromatic rings. The van der Waals surface area contributed by atoms with Crippen molar-refractivity contribution in [2.24, 2.45) is 5.73 Å². The molecule has 0 radical (unpaired) electrons. The molecule has 0 saturated heterocycles. The predicted octanol–water partition coefficient (Wildman–Crippen LogP) is 1.50. The molecule has 1 atom stereocenters. The van der Waals surface area contributed by atoms with Gasteiger partial charge in [-0.15, -0.1) is 12.4 Å². The Balaban J connectivity index is 0.00000128. The summed E-state index contributed by atoms with van der Waals surface area (Å²) >= 11 is 0. The molecule has 2 rings (SSSR count). The number of nitrogens with zero attached hydrogens (tertiary/aromatic N) is 3. The van der Waals surface area contributed by atoms with E-state index >= 15 is 0 Å². The molecule has 0 amide bonds. The number of halogens is 1. The van der Waals surface area contributed by atoms with Crippen LogP contribution in [-0.4, -0.2) is 15.1 Å². The van der Waals surface area contributed by atoms with Gasteiger partial charge in [0.15, 0.2) is 5.82 Å². The van der Waals surface area contributed by atoms with Crippen molar-refractivity contribution in [1.82, 2.24) is 15.1 Å². The van der Waals surface area contributed by atoms with Crippen molar-refractivity contribution in [2.45, 2.75) is 19.4 Å². The Labute approximate surface area is 99.5 Å². The Kier molecular flexibility index (Phi) is 4.39. The summed E-state index contributed by atoms with van der Waals surface area (Å²) in [6, 6.07) is 3.62. The van der Waals surface area contributed by atoms with Crippen LogP contribution in [0.25, 0.3) is 0 Å². The molecule has 6 heteroatoms. The van der Waals surface area contributed by atoms with E-state index in [1.54, 1.807) is 19.3 Å². The largest absolute Gasteiger partial charge is 0.338 e.